The third kappa shape index (κ3) is 2.89. The van der Waals surface area contributed by atoms with Gasteiger partial charge in [-0.25, -0.2) is 0 Å². The summed E-state index contributed by atoms with van der Waals surface area (Å²) in [6, 6.07) is 0.371. The normalized spacial score (nSPS) is 25.9. The maximum atomic E-state index is 12.5. The molecular formula is C16H25N3O. The van der Waals surface area contributed by atoms with Crippen molar-refractivity contribution >= 4 is 5.91 Å². The molecule has 2 atom stereocenters. The molecular weight excluding hydrogens is 250 g/mol. The van der Waals surface area contributed by atoms with E-state index in [0.717, 1.165) is 17.7 Å². The van der Waals surface area contributed by atoms with Crippen molar-refractivity contribution < 1.29 is 4.79 Å². The van der Waals surface area contributed by atoms with Crippen molar-refractivity contribution in [2.24, 2.45) is 5.92 Å². The zero-order chi connectivity index (χ0) is 13.9. The molecule has 1 aromatic heterocycles. The zero-order valence-corrected chi connectivity index (χ0v) is 12.3. The van der Waals surface area contributed by atoms with Crippen molar-refractivity contribution in [2.75, 3.05) is 0 Å². The number of unbranched alkanes of at least 4 members (excludes halogenated alkanes) is 1. The van der Waals surface area contributed by atoms with Gasteiger partial charge in [-0.15, -0.1) is 0 Å². The Bertz CT molecular complexity index is 464. The van der Waals surface area contributed by atoms with Crippen LogP contribution in [0, 0.1) is 5.92 Å². The molecule has 1 heterocycles. The van der Waals surface area contributed by atoms with E-state index in [4.69, 9.17) is 0 Å². The van der Waals surface area contributed by atoms with Crippen LogP contribution in [0.3, 0.4) is 0 Å². The van der Waals surface area contributed by atoms with Crippen LogP contribution in [-0.4, -0.2) is 22.1 Å². The topological polar surface area (TPSA) is 57.8 Å². The molecule has 0 radical (unpaired) electrons. The number of carbonyl (C=O) groups excluding carboxylic acids is 1. The molecule has 4 heteroatoms. The van der Waals surface area contributed by atoms with Crippen molar-refractivity contribution in [2.45, 2.75) is 70.3 Å². The molecule has 2 saturated carbocycles. The lowest BCUT2D eigenvalue weighted by atomic mass is 9.96. The maximum absolute atomic E-state index is 12.5. The van der Waals surface area contributed by atoms with Gasteiger partial charge in [0, 0.05) is 12.0 Å². The molecule has 1 amide bonds. The Hall–Kier alpha value is -1.32. The molecule has 0 aromatic carbocycles. The summed E-state index contributed by atoms with van der Waals surface area (Å²) in [5.41, 5.74) is 1.82. The van der Waals surface area contributed by atoms with E-state index in [1.54, 1.807) is 6.20 Å². The minimum atomic E-state index is 0.0778. The van der Waals surface area contributed by atoms with Crippen LogP contribution >= 0.6 is 0 Å². The first-order valence-electron chi connectivity index (χ1n) is 8.13. The standard InChI is InChI=1S/C16H25N3O/c1-2-3-5-11-6-4-7-14(11)18-16(20)13-10-17-19-15(13)12-8-9-12/h10-12,14H,2-9H2,1H3,(H,17,19)(H,18,20)/t11-,14+/m1/s1. The van der Waals surface area contributed by atoms with Gasteiger partial charge in [0.2, 0.25) is 0 Å². The average Bonchev–Trinajstić information content (AvgIpc) is 3.01. The van der Waals surface area contributed by atoms with E-state index >= 15 is 0 Å². The molecule has 0 aliphatic heterocycles. The summed E-state index contributed by atoms with van der Waals surface area (Å²) in [4.78, 5) is 12.5. The summed E-state index contributed by atoms with van der Waals surface area (Å²) in [5.74, 6) is 1.29. The van der Waals surface area contributed by atoms with Crippen LogP contribution in [0.2, 0.25) is 0 Å². The SMILES string of the molecule is CCCC[C@@H]1CCC[C@@H]1NC(=O)c1cn[nH]c1C1CC1. The molecule has 0 unspecified atom stereocenters. The van der Waals surface area contributed by atoms with Gasteiger partial charge in [-0.3, -0.25) is 9.89 Å². The monoisotopic (exact) mass is 275 g/mol. The van der Waals surface area contributed by atoms with Gasteiger partial charge in [-0.05, 0) is 38.0 Å². The van der Waals surface area contributed by atoms with E-state index in [1.165, 1.54) is 44.9 Å². The smallest absolute Gasteiger partial charge is 0.254 e. The van der Waals surface area contributed by atoms with Gasteiger partial charge in [0.15, 0.2) is 0 Å². The summed E-state index contributed by atoms with van der Waals surface area (Å²) < 4.78 is 0. The van der Waals surface area contributed by atoms with Gasteiger partial charge in [-0.2, -0.15) is 5.10 Å². The highest BCUT2D eigenvalue weighted by Crippen LogP contribution is 2.40. The van der Waals surface area contributed by atoms with Gasteiger partial charge < -0.3 is 5.32 Å². The summed E-state index contributed by atoms with van der Waals surface area (Å²) >= 11 is 0. The second-order valence-electron chi connectivity index (χ2n) is 6.38. The predicted molar refractivity (Wildman–Crippen MR) is 78.7 cm³/mol. The third-order valence-corrected chi connectivity index (χ3v) is 4.80. The molecule has 2 N–H and O–H groups in total. The first kappa shape index (κ1) is 13.7. The molecule has 3 rings (SSSR count). The van der Waals surface area contributed by atoms with Gasteiger partial charge in [0.1, 0.15) is 0 Å². The van der Waals surface area contributed by atoms with Crippen LogP contribution in [0.1, 0.15) is 80.3 Å². The second kappa shape index (κ2) is 5.98. The first-order chi connectivity index (χ1) is 9.79. The number of carbonyl (C=O) groups is 1. The number of amides is 1. The number of aromatic nitrogens is 2. The molecule has 20 heavy (non-hydrogen) atoms. The van der Waals surface area contributed by atoms with Crippen molar-refractivity contribution in [1.29, 1.82) is 0 Å². The van der Waals surface area contributed by atoms with Crippen LogP contribution in [-0.2, 0) is 0 Å². The highest BCUT2D eigenvalue weighted by molar-refractivity contribution is 5.95. The number of hydrogen-bond acceptors (Lipinski definition) is 2. The van der Waals surface area contributed by atoms with Crippen molar-refractivity contribution in [3.8, 4) is 0 Å². The van der Waals surface area contributed by atoms with Crippen LogP contribution in [0.5, 0.6) is 0 Å². The van der Waals surface area contributed by atoms with E-state index < -0.39 is 0 Å². The van der Waals surface area contributed by atoms with Crippen LogP contribution in [0.15, 0.2) is 6.20 Å². The summed E-state index contributed by atoms with van der Waals surface area (Å²) in [6.45, 7) is 2.23. The fraction of sp³-hybridized carbons (Fsp3) is 0.750. The van der Waals surface area contributed by atoms with Gasteiger partial charge >= 0.3 is 0 Å². The lowest BCUT2D eigenvalue weighted by molar-refractivity contribution is 0.0925. The average molecular weight is 275 g/mol. The number of nitrogens with one attached hydrogen (secondary N) is 2. The molecule has 2 aliphatic rings. The fourth-order valence-corrected chi connectivity index (χ4v) is 3.45. The molecule has 0 saturated heterocycles. The number of hydrogen-bond donors (Lipinski definition) is 2. The molecule has 4 nitrogen and oxygen atoms in total. The Kier molecular flexibility index (Phi) is 4.08. The quantitative estimate of drug-likeness (QED) is 0.836. The van der Waals surface area contributed by atoms with Gasteiger partial charge in [0.05, 0.1) is 17.5 Å². The van der Waals surface area contributed by atoms with E-state index in [9.17, 15) is 4.79 Å². The number of rotatable bonds is 6. The summed E-state index contributed by atoms with van der Waals surface area (Å²) in [7, 11) is 0. The zero-order valence-electron chi connectivity index (χ0n) is 12.3. The Morgan fingerprint density at radius 2 is 2.25 bits per heavy atom. The van der Waals surface area contributed by atoms with Gasteiger partial charge in [0.25, 0.3) is 5.91 Å². The summed E-state index contributed by atoms with van der Waals surface area (Å²) in [6.07, 6.45) is 11.5. The molecule has 1 aromatic rings. The highest BCUT2D eigenvalue weighted by Gasteiger charge is 2.32. The lowest BCUT2D eigenvalue weighted by Crippen LogP contribution is -2.37. The van der Waals surface area contributed by atoms with Crippen molar-refractivity contribution in [3.63, 3.8) is 0 Å². The van der Waals surface area contributed by atoms with Crippen LogP contribution in [0.4, 0.5) is 0 Å². The molecule has 0 bridgehead atoms. The molecule has 2 aliphatic carbocycles. The van der Waals surface area contributed by atoms with E-state index in [-0.39, 0.29) is 5.91 Å². The minimum Gasteiger partial charge on any atom is -0.349 e. The third-order valence-electron chi connectivity index (χ3n) is 4.80. The number of aromatic amines is 1. The van der Waals surface area contributed by atoms with E-state index in [2.05, 4.69) is 22.4 Å². The van der Waals surface area contributed by atoms with Crippen LogP contribution < -0.4 is 5.32 Å². The number of nitrogens with zero attached hydrogens (tertiary/aromatic N) is 1. The molecule has 2 fully saturated rings. The van der Waals surface area contributed by atoms with E-state index in [1.807, 2.05) is 0 Å². The predicted octanol–water partition coefficient (Wildman–Crippen LogP) is 3.38. The van der Waals surface area contributed by atoms with Crippen molar-refractivity contribution in [3.05, 3.63) is 17.5 Å². The lowest BCUT2D eigenvalue weighted by Gasteiger charge is -2.20. The Morgan fingerprint density at radius 1 is 1.40 bits per heavy atom. The second-order valence-corrected chi connectivity index (χ2v) is 6.38. The Balaban J connectivity index is 1.61. The largest absolute Gasteiger partial charge is 0.349 e. The summed E-state index contributed by atoms with van der Waals surface area (Å²) in [5, 5.41) is 10.3. The van der Waals surface area contributed by atoms with E-state index in [0.29, 0.717) is 17.9 Å². The van der Waals surface area contributed by atoms with Crippen LogP contribution in [0.25, 0.3) is 0 Å². The molecule has 110 valence electrons. The number of H-pyrrole nitrogens is 1. The highest BCUT2D eigenvalue weighted by atomic mass is 16.1. The maximum Gasteiger partial charge on any atom is 0.254 e. The fourth-order valence-electron chi connectivity index (χ4n) is 3.45. The van der Waals surface area contributed by atoms with Crippen molar-refractivity contribution in [1.82, 2.24) is 15.5 Å². The van der Waals surface area contributed by atoms with Gasteiger partial charge in [-0.1, -0.05) is 26.2 Å². The Morgan fingerprint density at radius 3 is 3.00 bits per heavy atom. The Labute approximate surface area is 120 Å². The molecule has 0 spiro atoms. The minimum absolute atomic E-state index is 0.0778. The first-order valence-corrected chi connectivity index (χ1v) is 8.13.